The summed E-state index contributed by atoms with van der Waals surface area (Å²) in [6.45, 7) is 2.78. The molecule has 0 bridgehead atoms. The highest BCUT2D eigenvalue weighted by Crippen LogP contribution is 2.40. The topological polar surface area (TPSA) is 45.2 Å². The van der Waals surface area contributed by atoms with Crippen LogP contribution in [0.1, 0.15) is 26.2 Å². The fraction of sp³-hybridized carbons (Fsp3) is 0.238. The number of carbonyl (C=O) groups excluding carboxylic acids is 1. The molecule has 2 amide bonds. The van der Waals surface area contributed by atoms with Crippen molar-refractivity contribution in [2.75, 3.05) is 10.8 Å². The number of anilines is 1. The number of thiazole rings is 1. The number of amides is 2. The molecule has 1 heterocycles. The van der Waals surface area contributed by atoms with Crippen LogP contribution < -0.4 is 9.62 Å². The van der Waals surface area contributed by atoms with Crippen LogP contribution in [0, 0.1) is 0 Å². The van der Waals surface area contributed by atoms with Crippen molar-refractivity contribution in [1.82, 2.24) is 10.3 Å². The summed E-state index contributed by atoms with van der Waals surface area (Å²) >= 11 is 5.86. The van der Waals surface area contributed by atoms with E-state index in [0.717, 1.165) is 41.0 Å². The average Bonchev–Trinajstić information content (AvgIpc) is 3.17. The summed E-state index contributed by atoms with van der Waals surface area (Å²) in [5.41, 5.74) is 2.95. The number of nitrogens with zero attached hydrogens (tertiary/aromatic N) is 2. The monoisotopic (exact) mass is 397 g/mol. The van der Waals surface area contributed by atoms with Gasteiger partial charge in [0.1, 0.15) is 0 Å². The van der Waals surface area contributed by atoms with Crippen molar-refractivity contribution in [3.63, 3.8) is 0 Å². The van der Waals surface area contributed by atoms with Crippen LogP contribution in [0.5, 0.6) is 0 Å². The van der Waals surface area contributed by atoms with Gasteiger partial charge in [-0.2, -0.15) is 0 Å². The third-order valence-corrected chi connectivity index (χ3v) is 5.73. The number of aromatic nitrogens is 1. The van der Waals surface area contributed by atoms with E-state index in [0.29, 0.717) is 11.7 Å². The Bertz CT molecular complexity index is 809. The molecule has 4 nitrogen and oxygen atoms in total. The number of benzene rings is 2. The number of rotatable bonds is 7. The zero-order valence-electron chi connectivity index (χ0n) is 15.3. The van der Waals surface area contributed by atoms with Gasteiger partial charge < -0.3 is 5.32 Å². The van der Waals surface area contributed by atoms with E-state index in [4.69, 9.17) is 4.98 Å². The summed E-state index contributed by atoms with van der Waals surface area (Å²) in [6, 6.07) is 19.9. The van der Waals surface area contributed by atoms with E-state index in [-0.39, 0.29) is 6.03 Å². The average molecular weight is 398 g/mol. The van der Waals surface area contributed by atoms with Gasteiger partial charge in [-0.3, -0.25) is 0 Å². The van der Waals surface area contributed by atoms with Gasteiger partial charge in [0.25, 0.3) is 0 Å². The summed E-state index contributed by atoms with van der Waals surface area (Å²) in [5, 5.41) is 3.46. The lowest BCUT2D eigenvalue weighted by atomic mass is 10.1. The Hall–Kier alpha value is -2.31. The first-order valence-electron chi connectivity index (χ1n) is 9.09. The van der Waals surface area contributed by atoms with Crippen LogP contribution in [-0.2, 0) is 0 Å². The molecular formula is C21H23N3OS2. The highest BCUT2D eigenvalue weighted by molar-refractivity contribution is 7.83. The second-order valence-corrected chi connectivity index (χ2v) is 7.53. The van der Waals surface area contributed by atoms with Crippen LogP contribution in [0.3, 0.4) is 0 Å². The van der Waals surface area contributed by atoms with Crippen molar-refractivity contribution in [3.05, 3.63) is 60.7 Å². The van der Waals surface area contributed by atoms with Crippen LogP contribution in [0.2, 0.25) is 0 Å². The standard InChI is InChI=1S/C21H23N3OS2/c1-2-3-10-15-22-20(25)24(26)21-23-18(16-11-6-4-7-12-16)19(27-21)17-13-8-5-9-14-17/h4-9,11-14,26H,2-3,10,15H2,1H3,(H,22,25). The zero-order chi connectivity index (χ0) is 19.1. The number of unbranched alkanes of at least 4 members (excludes halogenated alkanes) is 2. The largest absolute Gasteiger partial charge is 0.337 e. The number of hydrogen-bond donors (Lipinski definition) is 2. The van der Waals surface area contributed by atoms with Gasteiger partial charge in [-0.05, 0) is 12.0 Å². The quantitative estimate of drug-likeness (QED) is 0.378. The SMILES string of the molecule is CCCCCNC(=O)N(S)c1nc(-c2ccccc2)c(-c2ccccc2)s1. The van der Waals surface area contributed by atoms with Crippen LogP contribution in [0.15, 0.2) is 60.7 Å². The maximum Gasteiger partial charge on any atom is 0.333 e. The van der Waals surface area contributed by atoms with E-state index < -0.39 is 0 Å². The molecule has 1 N–H and O–H groups in total. The van der Waals surface area contributed by atoms with Crippen molar-refractivity contribution >= 4 is 35.3 Å². The molecule has 0 radical (unpaired) electrons. The van der Waals surface area contributed by atoms with Crippen LogP contribution in [-0.4, -0.2) is 17.6 Å². The summed E-state index contributed by atoms with van der Waals surface area (Å²) in [7, 11) is 0. The minimum absolute atomic E-state index is 0.248. The van der Waals surface area contributed by atoms with E-state index in [1.807, 2.05) is 48.5 Å². The number of thiol groups is 1. The molecule has 140 valence electrons. The first-order valence-corrected chi connectivity index (χ1v) is 10.3. The van der Waals surface area contributed by atoms with Crippen molar-refractivity contribution in [1.29, 1.82) is 0 Å². The summed E-state index contributed by atoms with van der Waals surface area (Å²) in [5.74, 6) is 0. The molecule has 0 unspecified atom stereocenters. The van der Waals surface area contributed by atoms with Gasteiger partial charge >= 0.3 is 6.03 Å². The predicted molar refractivity (Wildman–Crippen MR) is 117 cm³/mol. The Balaban J connectivity index is 1.89. The number of hydrogen-bond acceptors (Lipinski definition) is 4. The lowest BCUT2D eigenvalue weighted by Crippen LogP contribution is -2.34. The Morgan fingerprint density at radius 1 is 1.04 bits per heavy atom. The van der Waals surface area contributed by atoms with Crippen LogP contribution >= 0.6 is 24.2 Å². The second kappa shape index (κ2) is 9.58. The highest BCUT2D eigenvalue weighted by atomic mass is 32.1. The van der Waals surface area contributed by atoms with E-state index in [1.165, 1.54) is 15.6 Å². The number of carbonyl (C=O) groups is 1. The van der Waals surface area contributed by atoms with Crippen molar-refractivity contribution in [3.8, 4) is 21.7 Å². The second-order valence-electron chi connectivity index (χ2n) is 6.16. The number of urea groups is 1. The Kier molecular flexibility index (Phi) is 6.90. The molecule has 1 aromatic heterocycles. The fourth-order valence-corrected chi connectivity index (χ4v) is 3.95. The van der Waals surface area contributed by atoms with Gasteiger partial charge in [-0.25, -0.2) is 14.1 Å². The summed E-state index contributed by atoms with van der Waals surface area (Å²) < 4.78 is 1.30. The first-order chi connectivity index (χ1) is 13.2. The zero-order valence-corrected chi connectivity index (χ0v) is 17.0. The molecule has 0 spiro atoms. The van der Waals surface area contributed by atoms with Crippen molar-refractivity contribution in [2.24, 2.45) is 0 Å². The Morgan fingerprint density at radius 2 is 1.67 bits per heavy atom. The summed E-state index contributed by atoms with van der Waals surface area (Å²) in [4.78, 5) is 18.2. The maximum absolute atomic E-state index is 12.4. The maximum atomic E-state index is 12.4. The molecule has 0 aliphatic rings. The van der Waals surface area contributed by atoms with E-state index in [1.54, 1.807) is 0 Å². The molecule has 6 heteroatoms. The van der Waals surface area contributed by atoms with Crippen LogP contribution in [0.25, 0.3) is 21.7 Å². The molecule has 3 aromatic rings. The van der Waals surface area contributed by atoms with Gasteiger partial charge in [0.2, 0.25) is 5.13 Å². The molecule has 3 rings (SSSR count). The third-order valence-electron chi connectivity index (χ3n) is 4.13. The van der Waals surface area contributed by atoms with Crippen molar-refractivity contribution < 1.29 is 4.79 Å². The van der Waals surface area contributed by atoms with Crippen molar-refractivity contribution in [2.45, 2.75) is 26.2 Å². The third kappa shape index (κ3) is 4.90. The van der Waals surface area contributed by atoms with Gasteiger partial charge in [0.05, 0.1) is 10.6 Å². The normalized spacial score (nSPS) is 10.6. The smallest absolute Gasteiger partial charge is 0.333 e. The summed E-state index contributed by atoms with van der Waals surface area (Å²) in [6.07, 6.45) is 3.18. The molecule has 0 saturated heterocycles. The van der Waals surface area contributed by atoms with Crippen LogP contribution in [0.4, 0.5) is 9.93 Å². The molecule has 27 heavy (non-hydrogen) atoms. The molecule has 0 fully saturated rings. The molecule has 2 aromatic carbocycles. The van der Waals surface area contributed by atoms with Gasteiger partial charge in [0.15, 0.2) is 0 Å². The fourth-order valence-electron chi connectivity index (χ4n) is 2.71. The molecule has 0 saturated carbocycles. The molecule has 0 atom stereocenters. The van der Waals surface area contributed by atoms with Gasteiger partial charge in [0, 0.05) is 12.1 Å². The number of nitrogens with one attached hydrogen (secondary N) is 1. The lowest BCUT2D eigenvalue weighted by molar-refractivity contribution is 0.249. The minimum atomic E-state index is -0.248. The highest BCUT2D eigenvalue weighted by Gasteiger charge is 2.21. The van der Waals surface area contributed by atoms with Gasteiger partial charge in [-0.1, -0.05) is 105 Å². The Labute approximate surface area is 169 Å². The predicted octanol–water partition coefficient (Wildman–Crippen LogP) is 6.03. The van der Waals surface area contributed by atoms with E-state index in [2.05, 4.69) is 37.2 Å². The van der Waals surface area contributed by atoms with E-state index in [9.17, 15) is 4.79 Å². The van der Waals surface area contributed by atoms with Gasteiger partial charge in [-0.15, -0.1) is 0 Å². The minimum Gasteiger partial charge on any atom is -0.337 e. The molecule has 0 aliphatic carbocycles. The molecule has 0 aliphatic heterocycles. The first kappa shape index (κ1) is 19.5. The Morgan fingerprint density at radius 3 is 2.30 bits per heavy atom. The van der Waals surface area contributed by atoms with E-state index >= 15 is 0 Å². The molecular weight excluding hydrogens is 374 g/mol. The lowest BCUT2D eigenvalue weighted by Gasteiger charge is -2.13.